The summed E-state index contributed by atoms with van der Waals surface area (Å²) < 4.78 is 5.35. The minimum Gasteiger partial charge on any atom is -0.488 e. The largest absolute Gasteiger partial charge is 0.488 e. The third-order valence-electron chi connectivity index (χ3n) is 1.90. The van der Waals surface area contributed by atoms with Crippen LogP contribution in [0.2, 0.25) is 0 Å². The van der Waals surface area contributed by atoms with E-state index < -0.39 is 0 Å². The molecule has 0 aromatic carbocycles. The second-order valence-electron chi connectivity index (χ2n) is 3.17. The summed E-state index contributed by atoms with van der Waals surface area (Å²) in [6.45, 7) is 0.119. The van der Waals surface area contributed by atoms with E-state index in [-0.39, 0.29) is 6.61 Å². The summed E-state index contributed by atoms with van der Waals surface area (Å²) >= 11 is 0. The molecule has 0 spiro atoms. The van der Waals surface area contributed by atoms with Crippen molar-refractivity contribution in [3.63, 3.8) is 0 Å². The van der Waals surface area contributed by atoms with E-state index in [2.05, 4.69) is 0 Å². The molecule has 0 heterocycles. The molecule has 0 bridgehead atoms. The Morgan fingerprint density at radius 2 is 2.29 bits per heavy atom. The van der Waals surface area contributed by atoms with Crippen LogP contribution in [0.1, 0.15) is 6.42 Å². The van der Waals surface area contributed by atoms with Gasteiger partial charge in [0.2, 0.25) is 0 Å². The molecular weight excluding hydrogens is 178 g/mol. The molecule has 0 atom stereocenters. The molecule has 0 amide bonds. The smallest absolute Gasteiger partial charge is 0.157 e. The van der Waals surface area contributed by atoms with Crippen molar-refractivity contribution in [2.75, 3.05) is 20.7 Å². The summed E-state index contributed by atoms with van der Waals surface area (Å²) in [6.07, 6.45) is 9.41. The standard InChI is InChI=1S/C11H15NO2/c1-12(2)10-6-4-3-5-7-11(10)14-9-8-13/h3-6,8H,7,9H2,1-2H3. The highest BCUT2D eigenvalue weighted by atomic mass is 16.5. The van der Waals surface area contributed by atoms with Crippen molar-refractivity contribution in [3.05, 3.63) is 35.8 Å². The quantitative estimate of drug-likeness (QED) is 0.633. The van der Waals surface area contributed by atoms with Crippen molar-refractivity contribution in [1.82, 2.24) is 4.90 Å². The fraction of sp³-hybridized carbons (Fsp3) is 0.364. The predicted octanol–water partition coefficient (Wildman–Crippen LogP) is 1.49. The number of carbonyl (C=O) groups is 1. The average Bonchev–Trinajstić information content (AvgIpc) is 2.39. The highest BCUT2D eigenvalue weighted by Crippen LogP contribution is 2.17. The van der Waals surface area contributed by atoms with Crippen molar-refractivity contribution in [2.45, 2.75) is 6.42 Å². The van der Waals surface area contributed by atoms with Crippen molar-refractivity contribution >= 4 is 6.29 Å². The van der Waals surface area contributed by atoms with Crippen LogP contribution in [0.25, 0.3) is 0 Å². The fourth-order valence-corrected chi connectivity index (χ4v) is 1.26. The van der Waals surface area contributed by atoms with E-state index >= 15 is 0 Å². The van der Waals surface area contributed by atoms with Gasteiger partial charge in [-0.2, -0.15) is 0 Å². The number of aldehydes is 1. The average molecular weight is 193 g/mol. The highest BCUT2D eigenvalue weighted by molar-refractivity contribution is 5.51. The van der Waals surface area contributed by atoms with Crippen LogP contribution in [-0.4, -0.2) is 31.9 Å². The van der Waals surface area contributed by atoms with Crippen molar-refractivity contribution in [2.24, 2.45) is 0 Å². The van der Waals surface area contributed by atoms with Gasteiger partial charge in [0.05, 0.1) is 5.70 Å². The Labute approximate surface area is 84.3 Å². The maximum Gasteiger partial charge on any atom is 0.157 e. The van der Waals surface area contributed by atoms with Crippen LogP contribution in [-0.2, 0) is 9.53 Å². The minimum atomic E-state index is 0.119. The second kappa shape index (κ2) is 5.27. The molecule has 3 heteroatoms. The summed E-state index contributed by atoms with van der Waals surface area (Å²) in [5.74, 6) is 0.840. The Bertz CT molecular complexity index is 288. The molecule has 3 nitrogen and oxygen atoms in total. The van der Waals surface area contributed by atoms with Gasteiger partial charge in [-0.15, -0.1) is 0 Å². The van der Waals surface area contributed by atoms with Gasteiger partial charge < -0.3 is 9.64 Å². The topological polar surface area (TPSA) is 29.5 Å². The molecule has 0 unspecified atom stereocenters. The summed E-state index contributed by atoms with van der Waals surface area (Å²) in [7, 11) is 3.91. The third-order valence-corrected chi connectivity index (χ3v) is 1.90. The number of nitrogens with zero attached hydrogens (tertiary/aromatic N) is 1. The Morgan fingerprint density at radius 1 is 1.50 bits per heavy atom. The monoisotopic (exact) mass is 193 g/mol. The summed E-state index contributed by atoms with van der Waals surface area (Å²) in [5.41, 5.74) is 1.01. The molecule has 0 aromatic rings. The fourth-order valence-electron chi connectivity index (χ4n) is 1.26. The molecule has 0 N–H and O–H groups in total. The van der Waals surface area contributed by atoms with Crippen LogP contribution >= 0.6 is 0 Å². The minimum absolute atomic E-state index is 0.119. The van der Waals surface area contributed by atoms with Gasteiger partial charge in [-0.3, -0.25) is 4.79 Å². The molecule has 1 aliphatic carbocycles. The molecule has 0 saturated heterocycles. The maximum atomic E-state index is 10.2. The zero-order valence-electron chi connectivity index (χ0n) is 8.56. The molecule has 0 fully saturated rings. The zero-order valence-corrected chi connectivity index (χ0v) is 8.56. The zero-order chi connectivity index (χ0) is 10.4. The van der Waals surface area contributed by atoms with E-state index in [9.17, 15) is 4.79 Å². The molecule has 14 heavy (non-hydrogen) atoms. The lowest BCUT2D eigenvalue weighted by atomic mass is 10.3. The molecule has 1 aliphatic rings. The molecule has 0 aliphatic heterocycles. The number of ether oxygens (including phenoxy) is 1. The summed E-state index contributed by atoms with van der Waals surface area (Å²) in [6, 6.07) is 0. The Kier molecular flexibility index (Phi) is 3.98. The second-order valence-corrected chi connectivity index (χ2v) is 3.17. The van der Waals surface area contributed by atoms with Crippen LogP contribution in [0.3, 0.4) is 0 Å². The number of carbonyl (C=O) groups excluding carboxylic acids is 1. The first-order valence-electron chi connectivity index (χ1n) is 4.56. The van der Waals surface area contributed by atoms with Crippen molar-refractivity contribution in [3.8, 4) is 0 Å². The first kappa shape index (κ1) is 10.6. The van der Waals surface area contributed by atoms with E-state index in [1.165, 1.54) is 0 Å². The van der Waals surface area contributed by atoms with Crippen LogP contribution in [0.4, 0.5) is 0 Å². The van der Waals surface area contributed by atoms with Gasteiger partial charge in [-0.25, -0.2) is 0 Å². The van der Waals surface area contributed by atoms with E-state index in [1.807, 2.05) is 43.3 Å². The molecule has 0 radical (unpaired) electrons. The van der Waals surface area contributed by atoms with Gasteiger partial charge in [0.1, 0.15) is 12.4 Å². The van der Waals surface area contributed by atoms with Crippen molar-refractivity contribution in [1.29, 1.82) is 0 Å². The third kappa shape index (κ3) is 2.76. The van der Waals surface area contributed by atoms with Gasteiger partial charge in [0.15, 0.2) is 6.29 Å². The SMILES string of the molecule is CN(C)C1=C(OCC=O)CC=CC=C1. The Morgan fingerprint density at radius 3 is 2.93 bits per heavy atom. The van der Waals surface area contributed by atoms with E-state index in [1.54, 1.807) is 0 Å². The van der Waals surface area contributed by atoms with Gasteiger partial charge in [-0.05, 0) is 6.08 Å². The van der Waals surface area contributed by atoms with Gasteiger partial charge in [0.25, 0.3) is 0 Å². The molecule has 0 aromatic heterocycles. The van der Waals surface area contributed by atoms with Crippen molar-refractivity contribution < 1.29 is 9.53 Å². The molecule has 0 saturated carbocycles. The van der Waals surface area contributed by atoms with E-state index in [4.69, 9.17) is 4.74 Å². The number of allylic oxidation sites excluding steroid dienone is 4. The molecular formula is C11H15NO2. The Balaban J connectivity index is 2.83. The molecule has 1 rings (SSSR count). The Hall–Kier alpha value is -1.51. The summed E-state index contributed by atoms with van der Waals surface area (Å²) in [5, 5.41) is 0. The van der Waals surface area contributed by atoms with Gasteiger partial charge in [0, 0.05) is 20.5 Å². The lowest BCUT2D eigenvalue weighted by Gasteiger charge is -2.17. The van der Waals surface area contributed by atoms with Crippen LogP contribution in [0.15, 0.2) is 35.8 Å². The van der Waals surface area contributed by atoms with Crippen LogP contribution in [0, 0.1) is 0 Å². The molecule has 76 valence electrons. The number of hydrogen-bond donors (Lipinski definition) is 0. The van der Waals surface area contributed by atoms with Crippen LogP contribution < -0.4 is 0 Å². The number of rotatable bonds is 4. The number of hydrogen-bond acceptors (Lipinski definition) is 3. The first-order chi connectivity index (χ1) is 6.75. The maximum absolute atomic E-state index is 10.2. The summed E-state index contributed by atoms with van der Waals surface area (Å²) in [4.78, 5) is 12.2. The lowest BCUT2D eigenvalue weighted by Crippen LogP contribution is -2.13. The highest BCUT2D eigenvalue weighted by Gasteiger charge is 2.07. The predicted molar refractivity (Wildman–Crippen MR) is 55.6 cm³/mol. The van der Waals surface area contributed by atoms with Gasteiger partial charge in [-0.1, -0.05) is 18.2 Å². The van der Waals surface area contributed by atoms with Gasteiger partial charge >= 0.3 is 0 Å². The van der Waals surface area contributed by atoms with Crippen LogP contribution in [0.5, 0.6) is 0 Å². The van der Waals surface area contributed by atoms with E-state index in [0.29, 0.717) is 0 Å². The van der Waals surface area contributed by atoms with E-state index in [0.717, 1.165) is 24.2 Å². The lowest BCUT2D eigenvalue weighted by molar-refractivity contribution is -0.110. The first-order valence-corrected chi connectivity index (χ1v) is 4.56. The normalized spacial score (nSPS) is 15.3. The number of likely N-dealkylation sites (N-methyl/N-ethyl adjacent to an activating group) is 1.